The van der Waals surface area contributed by atoms with E-state index in [0.717, 1.165) is 56.0 Å². The molecule has 1 unspecified atom stereocenters. The third kappa shape index (κ3) is 7.24. The van der Waals surface area contributed by atoms with Crippen LogP contribution in [0.2, 0.25) is 0 Å². The maximum absolute atomic E-state index is 12.5. The summed E-state index contributed by atoms with van der Waals surface area (Å²) in [5.74, 6) is 0.599. The minimum absolute atomic E-state index is 0.103. The van der Waals surface area contributed by atoms with Gasteiger partial charge < -0.3 is 15.0 Å². The Kier molecular flexibility index (Phi) is 9.05. The minimum atomic E-state index is -0.255. The summed E-state index contributed by atoms with van der Waals surface area (Å²) in [4.78, 5) is 20.8. The third-order valence-electron chi connectivity index (χ3n) is 5.86. The monoisotopic (exact) mass is 492 g/mol. The molecule has 1 atom stereocenters. The van der Waals surface area contributed by atoms with Crippen LogP contribution in [-0.2, 0) is 17.6 Å². The summed E-state index contributed by atoms with van der Waals surface area (Å²) in [6, 6.07) is 18.4. The van der Waals surface area contributed by atoms with Crippen molar-refractivity contribution in [3.8, 4) is 0 Å². The van der Waals surface area contributed by atoms with Crippen LogP contribution in [0.15, 0.2) is 64.3 Å². The van der Waals surface area contributed by atoms with Crippen LogP contribution >= 0.6 is 12.6 Å². The van der Waals surface area contributed by atoms with Gasteiger partial charge >= 0.3 is 0 Å². The van der Waals surface area contributed by atoms with Crippen LogP contribution in [0.4, 0.5) is 0 Å². The van der Waals surface area contributed by atoms with Crippen LogP contribution in [0.3, 0.4) is 0 Å². The molecule has 0 radical (unpaired) electrons. The predicted molar refractivity (Wildman–Crippen MR) is 140 cm³/mol. The number of hydrogen-bond acceptors (Lipinski definition) is 7. The summed E-state index contributed by atoms with van der Waals surface area (Å²) in [5.41, 5.74) is 2.93. The first kappa shape index (κ1) is 25.1. The van der Waals surface area contributed by atoms with Gasteiger partial charge in [0, 0.05) is 24.4 Å². The van der Waals surface area contributed by atoms with Crippen LogP contribution in [0.1, 0.15) is 42.8 Å². The second kappa shape index (κ2) is 12.6. The van der Waals surface area contributed by atoms with E-state index in [2.05, 4.69) is 69.4 Å². The van der Waals surface area contributed by atoms with Crippen LogP contribution in [-0.4, -0.2) is 51.3 Å². The molecule has 0 amide bonds. The minimum Gasteiger partial charge on any atom is -0.379 e. The summed E-state index contributed by atoms with van der Waals surface area (Å²) in [6.07, 6.45) is 3.49. The number of morpholine rings is 1. The molecular formula is C26H32N6O2S. The van der Waals surface area contributed by atoms with E-state index in [4.69, 9.17) is 4.74 Å². The lowest BCUT2D eigenvalue weighted by molar-refractivity contribution is 0.109. The van der Waals surface area contributed by atoms with Crippen LogP contribution in [0, 0.1) is 0 Å². The number of nitrogens with zero attached hydrogens (tertiary/aromatic N) is 4. The molecular weight excluding hydrogens is 460 g/mol. The number of aromatic amines is 1. The average Bonchev–Trinajstić information content (AvgIpc) is 3.31. The van der Waals surface area contributed by atoms with Gasteiger partial charge in [0.2, 0.25) is 0 Å². The highest BCUT2D eigenvalue weighted by atomic mass is 32.1. The second-order valence-electron chi connectivity index (χ2n) is 8.65. The molecule has 184 valence electrons. The molecule has 8 nitrogen and oxygen atoms in total. The Balaban J connectivity index is 0.000000421. The van der Waals surface area contributed by atoms with Gasteiger partial charge in [0.1, 0.15) is 5.82 Å². The first-order chi connectivity index (χ1) is 17.1. The lowest BCUT2D eigenvalue weighted by Gasteiger charge is -2.12. The number of thiol groups is 1. The van der Waals surface area contributed by atoms with Gasteiger partial charge in [-0.2, -0.15) is 0 Å². The smallest absolute Gasteiger partial charge is 0.281 e. The van der Waals surface area contributed by atoms with E-state index in [1.807, 2.05) is 30.3 Å². The zero-order valence-corrected chi connectivity index (χ0v) is 20.9. The molecule has 0 spiro atoms. The van der Waals surface area contributed by atoms with Gasteiger partial charge in [-0.05, 0) is 49.4 Å². The van der Waals surface area contributed by atoms with Gasteiger partial charge in [0.05, 0.1) is 19.3 Å². The van der Waals surface area contributed by atoms with Crippen molar-refractivity contribution >= 4 is 23.8 Å². The molecule has 5 rings (SSSR count). The molecule has 1 saturated heterocycles. The van der Waals surface area contributed by atoms with Gasteiger partial charge in [-0.1, -0.05) is 47.7 Å². The lowest BCUT2D eigenvalue weighted by Crippen LogP contribution is -2.30. The number of benzene rings is 2. The van der Waals surface area contributed by atoms with Crippen LogP contribution < -0.4 is 10.9 Å². The summed E-state index contributed by atoms with van der Waals surface area (Å²) in [5, 5.41) is 11.4. The Morgan fingerprint density at radius 1 is 1.09 bits per heavy atom. The zero-order chi connectivity index (χ0) is 24.5. The van der Waals surface area contributed by atoms with Gasteiger partial charge in [-0.3, -0.25) is 4.79 Å². The molecule has 2 aromatic heterocycles. The SMILES string of the molecule is C1COCCN1.CC(CCCc1ccccc1)n1nnc2c(=O)[nH]c(Cc3cccc(S)c3)nc21. The average molecular weight is 493 g/mol. The maximum Gasteiger partial charge on any atom is 0.281 e. The molecule has 0 saturated carbocycles. The van der Waals surface area contributed by atoms with Crippen molar-refractivity contribution in [2.24, 2.45) is 0 Å². The number of aromatic nitrogens is 5. The third-order valence-corrected chi connectivity index (χ3v) is 6.14. The largest absolute Gasteiger partial charge is 0.379 e. The van der Waals surface area contributed by atoms with Crippen LogP contribution in [0.25, 0.3) is 11.2 Å². The first-order valence-electron chi connectivity index (χ1n) is 12.0. The number of rotatable bonds is 7. The fraction of sp³-hybridized carbons (Fsp3) is 0.385. The van der Waals surface area contributed by atoms with Gasteiger partial charge in [0.15, 0.2) is 11.2 Å². The van der Waals surface area contributed by atoms with E-state index >= 15 is 0 Å². The number of aryl methyl sites for hydroxylation is 1. The number of fused-ring (bicyclic) bond motifs is 1. The Hall–Kier alpha value is -3.01. The molecule has 0 aliphatic carbocycles. The van der Waals surface area contributed by atoms with E-state index < -0.39 is 0 Å². The molecule has 0 bridgehead atoms. The van der Waals surface area contributed by atoms with Crippen molar-refractivity contribution in [1.82, 2.24) is 30.3 Å². The predicted octanol–water partition coefficient (Wildman–Crippen LogP) is 3.58. The highest BCUT2D eigenvalue weighted by Crippen LogP contribution is 2.18. The topological polar surface area (TPSA) is 97.7 Å². The van der Waals surface area contributed by atoms with Crippen molar-refractivity contribution in [2.75, 3.05) is 26.3 Å². The normalized spacial score (nSPS) is 14.3. The Labute approximate surface area is 210 Å². The highest BCUT2D eigenvalue weighted by molar-refractivity contribution is 7.80. The molecule has 35 heavy (non-hydrogen) atoms. The number of ether oxygens (including phenoxy) is 1. The fourth-order valence-electron chi connectivity index (χ4n) is 4.01. The maximum atomic E-state index is 12.5. The molecule has 1 aliphatic heterocycles. The van der Waals surface area contributed by atoms with Crippen molar-refractivity contribution in [3.05, 3.63) is 81.9 Å². The second-order valence-corrected chi connectivity index (χ2v) is 9.17. The zero-order valence-electron chi connectivity index (χ0n) is 20.0. The highest BCUT2D eigenvalue weighted by Gasteiger charge is 2.16. The molecule has 2 aromatic carbocycles. The molecule has 1 aliphatic rings. The van der Waals surface area contributed by atoms with Gasteiger partial charge in [-0.15, -0.1) is 17.7 Å². The molecule has 1 fully saturated rings. The van der Waals surface area contributed by atoms with E-state index in [-0.39, 0.29) is 17.1 Å². The Morgan fingerprint density at radius 2 is 1.86 bits per heavy atom. The summed E-state index contributed by atoms with van der Waals surface area (Å²) >= 11 is 4.38. The quantitative estimate of drug-likeness (QED) is 0.341. The number of hydrogen-bond donors (Lipinski definition) is 3. The molecule has 4 aromatic rings. The molecule has 3 heterocycles. The van der Waals surface area contributed by atoms with E-state index in [9.17, 15) is 4.79 Å². The summed E-state index contributed by atoms with van der Waals surface area (Å²) in [6.45, 7) is 5.92. The number of H-pyrrole nitrogens is 1. The standard InChI is InChI=1S/C22H23N5OS.C4H9NO/c1-15(7-5-10-16-8-3-2-4-9-16)27-21-20(25-26-27)22(28)24-19(23-21)14-17-11-6-12-18(29)13-17;1-3-6-4-2-5-1/h2-4,6,8-9,11-13,15,29H,5,7,10,14H2,1H3,(H,23,24,28);5H,1-4H2. The Bertz CT molecular complexity index is 1260. The van der Waals surface area contributed by atoms with E-state index in [1.165, 1.54) is 5.56 Å². The fourth-order valence-corrected chi connectivity index (χ4v) is 4.26. The molecule has 9 heteroatoms. The van der Waals surface area contributed by atoms with Crippen molar-refractivity contribution in [2.45, 2.75) is 43.5 Å². The van der Waals surface area contributed by atoms with E-state index in [1.54, 1.807) is 4.68 Å². The van der Waals surface area contributed by atoms with Crippen LogP contribution in [0.5, 0.6) is 0 Å². The van der Waals surface area contributed by atoms with Gasteiger partial charge in [-0.25, -0.2) is 9.67 Å². The van der Waals surface area contributed by atoms with Crippen molar-refractivity contribution < 1.29 is 4.74 Å². The summed E-state index contributed by atoms with van der Waals surface area (Å²) in [7, 11) is 0. The molecule has 2 N–H and O–H groups in total. The number of nitrogens with one attached hydrogen (secondary N) is 2. The first-order valence-corrected chi connectivity index (χ1v) is 12.5. The van der Waals surface area contributed by atoms with E-state index in [0.29, 0.717) is 17.9 Å². The Morgan fingerprint density at radius 3 is 2.54 bits per heavy atom. The van der Waals surface area contributed by atoms with Crippen molar-refractivity contribution in [1.29, 1.82) is 0 Å². The van der Waals surface area contributed by atoms with Gasteiger partial charge in [0.25, 0.3) is 5.56 Å². The lowest BCUT2D eigenvalue weighted by atomic mass is 10.1. The summed E-state index contributed by atoms with van der Waals surface area (Å²) < 4.78 is 6.78. The van der Waals surface area contributed by atoms with Crippen molar-refractivity contribution in [3.63, 3.8) is 0 Å².